The Kier molecular flexibility index (Phi) is 7.11. The van der Waals surface area contributed by atoms with Gasteiger partial charge in [0.1, 0.15) is 5.82 Å². The standard InChI is InChI=1S/C20H30N4OS/c1-4-11-23(3)14-19-21-22-20(24(19)13-18-10-7-12-25-18)26-15-17-9-6-5-8-16(17)2/h5-6,8-9,18H,4,7,10-15H2,1-3H3/t18-/m1/s1. The first-order valence-electron chi connectivity index (χ1n) is 9.57. The van der Waals surface area contributed by atoms with Gasteiger partial charge in [-0.25, -0.2) is 0 Å². The molecule has 1 aliphatic rings. The molecule has 0 saturated carbocycles. The molecule has 0 amide bonds. The van der Waals surface area contributed by atoms with Gasteiger partial charge in [0.15, 0.2) is 5.16 Å². The summed E-state index contributed by atoms with van der Waals surface area (Å²) in [4.78, 5) is 2.31. The second-order valence-electron chi connectivity index (χ2n) is 7.10. The van der Waals surface area contributed by atoms with Crippen LogP contribution in [0, 0.1) is 6.92 Å². The third-order valence-electron chi connectivity index (χ3n) is 4.84. The summed E-state index contributed by atoms with van der Waals surface area (Å²) < 4.78 is 8.15. The van der Waals surface area contributed by atoms with Gasteiger partial charge in [0.2, 0.25) is 0 Å². The number of benzene rings is 1. The molecular weight excluding hydrogens is 344 g/mol. The lowest BCUT2D eigenvalue weighted by molar-refractivity contribution is 0.0935. The van der Waals surface area contributed by atoms with Gasteiger partial charge in [-0.3, -0.25) is 4.90 Å². The Labute approximate surface area is 161 Å². The predicted octanol–water partition coefficient (Wildman–Crippen LogP) is 3.90. The Morgan fingerprint density at radius 3 is 2.88 bits per heavy atom. The van der Waals surface area contributed by atoms with E-state index in [2.05, 4.69) is 64.8 Å². The van der Waals surface area contributed by atoms with E-state index in [4.69, 9.17) is 4.74 Å². The highest BCUT2D eigenvalue weighted by atomic mass is 32.2. The molecule has 1 saturated heterocycles. The molecule has 2 aromatic rings. The number of aromatic nitrogens is 3. The van der Waals surface area contributed by atoms with Crippen LogP contribution in [0.4, 0.5) is 0 Å². The Balaban J connectivity index is 1.74. The molecule has 5 nitrogen and oxygen atoms in total. The summed E-state index contributed by atoms with van der Waals surface area (Å²) in [6.45, 7) is 8.01. The first-order valence-corrected chi connectivity index (χ1v) is 10.6. The highest BCUT2D eigenvalue weighted by molar-refractivity contribution is 7.98. The fraction of sp³-hybridized carbons (Fsp3) is 0.600. The Morgan fingerprint density at radius 1 is 1.31 bits per heavy atom. The SMILES string of the molecule is CCCN(C)Cc1nnc(SCc2ccccc2C)n1C[C@H]1CCCO1. The minimum Gasteiger partial charge on any atom is -0.376 e. The van der Waals surface area contributed by atoms with E-state index in [1.807, 2.05) is 0 Å². The fourth-order valence-electron chi connectivity index (χ4n) is 3.33. The summed E-state index contributed by atoms with van der Waals surface area (Å²) in [7, 11) is 2.15. The van der Waals surface area contributed by atoms with Gasteiger partial charge >= 0.3 is 0 Å². The van der Waals surface area contributed by atoms with E-state index in [9.17, 15) is 0 Å². The van der Waals surface area contributed by atoms with Crippen LogP contribution in [-0.2, 0) is 23.6 Å². The van der Waals surface area contributed by atoms with Crippen molar-refractivity contribution in [3.63, 3.8) is 0 Å². The van der Waals surface area contributed by atoms with E-state index < -0.39 is 0 Å². The molecule has 0 aliphatic carbocycles. The minimum absolute atomic E-state index is 0.291. The Hall–Kier alpha value is -1.37. The lowest BCUT2D eigenvalue weighted by Gasteiger charge is -2.18. The lowest BCUT2D eigenvalue weighted by atomic mass is 10.1. The van der Waals surface area contributed by atoms with Crippen LogP contribution in [0.25, 0.3) is 0 Å². The molecule has 26 heavy (non-hydrogen) atoms. The third kappa shape index (κ3) is 5.09. The van der Waals surface area contributed by atoms with Crippen molar-refractivity contribution in [2.45, 2.75) is 63.2 Å². The van der Waals surface area contributed by atoms with Crippen LogP contribution < -0.4 is 0 Å². The Morgan fingerprint density at radius 2 is 2.15 bits per heavy atom. The molecule has 142 valence electrons. The van der Waals surface area contributed by atoms with Gasteiger partial charge < -0.3 is 9.30 Å². The van der Waals surface area contributed by atoms with E-state index >= 15 is 0 Å². The van der Waals surface area contributed by atoms with E-state index in [0.29, 0.717) is 6.10 Å². The predicted molar refractivity (Wildman–Crippen MR) is 106 cm³/mol. The number of ether oxygens (including phenoxy) is 1. The summed E-state index contributed by atoms with van der Waals surface area (Å²) in [6.07, 6.45) is 3.72. The molecular formula is C20H30N4OS. The third-order valence-corrected chi connectivity index (χ3v) is 5.85. The lowest BCUT2D eigenvalue weighted by Crippen LogP contribution is -2.24. The van der Waals surface area contributed by atoms with Crippen molar-refractivity contribution in [1.29, 1.82) is 0 Å². The number of thioether (sulfide) groups is 1. The molecule has 1 fully saturated rings. The summed E-state index contributed by atoms with van der Waals surface area (Å²) in [5.41, 5.74) is 2.68. The van der Waals surface area contributed by atoms with Gasteiger partial charge in [-0.05, 0) is 50.9 Å². The number of hydrogen-bond acceptors (Lipinski definition) is 5. The molecule has 2 heterocycles. The minimum atomic E-state index is 0.291. The topological polar surface area (TPSA) is 43.2 Å². The van der Waals surface area contributed by atoms with Gasteiger partial charge in [0.05, 0.1) is 19.2 Å². The van der Waals surface area contributed by atoms with E-state index in [1.165, 1.54) is 11.1 Å². The van der Waals surface area contributed by atoms with Crippen molar-refractivity contribution in [3.05, 3.63) is 41.2 Å². The summed E-state index contributed by atoms with van der Waals surface area (Å²) >= 11 is 1.77. The molecule has 0 spiro atoms. The van der Waals surface area contributed by atoms with Gasteiger partial charge in [-0.1, -0.05) is 43.0 Å². The van der Waals surface area contributed by atoms with Crippen molar-refractivity contribution in [2.24, 2.45) is 0 Å². The van der Waals surface area contributed by atoms with Crippen LogP contribution in [0.3, 0.4) is 0 Å². The van der Waals surface area contributed by atoms with Crippen molar-refractivity contribution in [3.8, 4) is 0 Å². The van der Waals surface area contributed by atoms with E-state index in [1.54, 1.807) is 11.8 Å². The van der Waals surface area contributed by atoms with E-state index in [-0.39, 0.29) is 0 Å². The molecule has 1 atom stereocenters. The zero-order valence-electron chi connectivity index (χ0n) is 16.1. The quantitative estimate of drug-likeness (QED) is 0.623. The normalized spacial score (nSPS) is 17.3. The average Bonchev–Trinajstić information content (AvgIpc) is 3.26. The maximum atomic E-state index is 5.87. The second-order valence-corrected chi connectivity index (χ2v) is 8.04. The van der Waals surface area contributed by atoms with Crippen LogP contribution in [-0.4, -0.2) is 46.0 Å². The van der Waals surface area contributed by atoms with Crippen molar-refractivity contribution in [1.82, 2.24) is 19.7 Å². The summed E-state index contributed by atoms with van der Waals surface area (Å²) in [6, 6.07) is 8.55. The van der Waals surface area contributed by atoms with E-state index in [0.717, 1.165) is 62.2 Å². The monoisotopic (exact) mass is 374 g/mol. The molecule has 0 N–H and O–H groups in total. The first-order chi connectivity index (χ1) is 12.7. The van der Waals surface area contributed by atoms with Gasteiger partial charge in [0.25, 0.3) is 0 Å². The number of hydrogen-bond donors (Lipinski definition) is 0. The molecule has 0 unspecified atom stereocenters. The summed E-state index contributed by atoms with van der Waals surface area (Å²) in [5, 5.41) is 10.0. The van der Waals surface area contributed by atoms with Crippen molar-refractivity contribution < 1.29 is 4.74 Å². The van der Waals surface area contributed by atoms with Crippen molar-refractivity contribution >= 4 is 11.8 Å². The van der Waals surface area contributed by atoms with Crippen LogP contribution in [0.15, 0.2) is 29.4 Å². The molecule has 1 aromatic carbocycles. The maximum absolute atomic E-state index is 5.87. The zero-order valence-corrected chi connectivity index (χ0v) is 17.0. The maximum Gasteiger partial charge on any atom is 0.191 e. The molecule has 1 aliphatic heterocycles. The molecule has 6 heteroatoms. The fourth-order valence-corrected chi connectivity index (χ4v) is 4.38. The highest BCUT2D eigenvalue weighted by Crippen LogP contribution is 2.25. The van der Waals surface area contributed by atoms with Crippen molar-refractivity contribution in [2.75, 3.05) is 20.2 Å². The van der Waals surface area contributed by atoms with Crippen LogP contribution in [0.5, 0.6) is 0 Å². The molecule has 0 radical (unpaired) electrons. The van der Waals surface area contributed by atoms with Crippen LogP contribution >= 0.6 is 11.8 Å². The average molecular weight is 375 g/mol. The van der Waals surface area contributed by atoms with Gasteiger partial charge in [0, 0.05) is 12.4 Å². The second kappa shape index (κ2) is 9.53. The molecule has 3 rings (SSSR count). The number of rotatable bonds is 9. The summed E-state index contributed by atoms with van der Waals surface area (Å²) in [5.74, 6) is 1.96. The molecule has 1 aromatic heterocycles. The van der Waals surface area contributed by atoms with Crippen LogP contribution in [0.1, 0.15) is 43.1 Å². The van der Waals surface area contributed by atoms with Gasteiger partial charge in [-0.15, -0.1) is 10.2 Å². The highest BCUT2D eigenvalue weighted by Gasteiger charge is 2.21. The Bertz CT molecular complexity index is 697. The zero-order chi connectivity index (χ0) is 18.4. The first kappa shape index (κ1) is 19.4. The number of aryl methyl sites for hydroxylation is 1. The molecule has 0 bridgehead atoms. The van der Waals surface area contributed by atoms with Gasteiger partial charge in [-0.2, -0.15) is 0 Å². The number of nitrogens with zero attached hydrogens (tertiary/aromatic N) is 4. The largest absolute Gasteiger partial charge is 0.376 e. The smallest absolute Gasteiger partial charge is 0.191 e. The van der Waals surface area contributed by atoms with Crippen LogP contribution in [0.2, 0.25) is 0 Å².